The quantitative estimate of drug-likeness (QED) is 0.506. The Kier molecular flexibility index (Phi) is 3.95. The molecule has 0 aromatic carbocycles. The summed E-state index contributed by atoms with van der Waals surface area (Å²) in [7, 11) is -3.61. The van der Waals surface area contributed by atoms with Crippen molar-refractivity contribution in [3.8, 4) is 0 Å². The Morgan fingerprint density at radius 3 is 2.00 bits per heavy atom. The highest BCUT2D eigenvalue weighted by Gasteiger charge is 2.15. The van der Waals surface area contributed by atoms with Crippen molar-refractivity contribution in [1.29, 1.82) is 0 Å². The highest BCUT2D eigenvalue weighted by molar-refractivity contribution is 7.87. The summed E-state index contributed by atoms with van der Waals surface area (Å²) < 4.78 is 23.3. The molecular formula is C5H15N3O2S. The Bertz CT molecular complexity index is 200. The van der Waals surface area contributed by atoms with Crippen LogP contribution in [-0.2, 0) is 10.2 Å². The van der Waals surface area contributed by atoms with E-state index < -0.39 is 10.2 Å². The second-order valence-corrected chi connectivity index (χ2v) is 4.07. The highest BCUT2D eigenvalue weighted by Crippen LogP contribution is 1.99. The molecular weight excluding hydrogens is 166 g/mol. The molecule has 5 nitrogen and oxygen atoms in total. The number of hydrogen-bond donors (Lipinski definition) is 3. The first-order chi connectivity index (χ1) is 4.87. The average molecular weight is 181 g/mol. The van der Waals surface area contributed by atoms with Crippen LogP contribution in [0.5, 0.6) is 0 Å². The first-order valence-corrected chi connectivity index (χ1v) is 4.91. The topological polar surface area (TPSA) is 98.2 Å². The van der Waals surface area contributed by atoms with Crippen molar-refractivity contribution in [3.05, 3.63) is 0 Å². The molecule has 0 saturated heterocycles. The van der Waals surface area contributed by atoms with Crippen LogP contribution in [0.1, 0.15) is 13.8 Å². The predicted octanol–water partition coefficient (Wildman–Crippen LogP) is -1.24. The Hall–Kier alpha value is -0.170. The van der Waals surface area contributed by atoms with Gasteiger partial charge in [-0.05, 0) is 5.92 Å². The fourth-order valence-electron chi connectivity index (χ4n) is 0.667. The number of nitrogens with one attached hydrogen (secondary N) is 1. The fourth-order valence-corrected chi connectivity index (χ4v) is 1.46. The van der Waals surface area contributed by atoms with Gasteiger partial charge in [-0.3, -0.25) is 0 Å². The fraction of sp³-hybridized carbons (Fsp3) is 1.00. The summed E-state index contributed by atoms with van der Waals surface area (Å²) >= 11 is 0. The molecule has 0 bridgehead atoms. The van der Waals surface area contributed by atoms with E-state index in [0.717, 1.165) is 0 Å². The zero-order chi connectivity index (χ0) is 9.07. The van der Waals surface area contributed by atoms with Crippen LogP contribution in [0.4, 0.5) is 0 Å². The predicted molar refractivity (Wildman–Crippen MR) is 43.9 cm³/mol. The molecule has 0 unspecified atom stereocenters. The van der Waals surface area contributed by atoms with Crippen molar-refractivity contribution in [2.24, 2.45) is 16.8 Å². The Morgan fingerprint density at radius 1 is 1.45 bits per heavy atom. The van der Waals surface area contributed by atoms with Gasteiger partial charge in [0.25, 0.3) is 10.2 Å². The molecule has 0 aromatic heterocycles. The molecule has 11 heavy (non-hydrogen) atoms. The molecule has 0 aromatic rings. The maximum absolute atomic E-state index is 10.5. The molecule has 0 aliphatic heterocycles. The van der Waals surface area contributed by atoms with Gasteiger partial charge in [-0.15, -0.1) is 0 Å². The molecule has 0 amide bonds. The normalized spacial score (nSPS) is 15.4. The Morgan fingerprint density at radius 2 is 1.91 bits per heavy atom. The summed E-state index contributed by atoms with van der Waals surface area (Å²) in [5.74, 6) is 0.151. The molecule has 0 saturated carbocycles. The van der Waals surface area contributed by atoms with Crippen LogP contribution in [0.15, 0.2) is 0 Å². The van der Waals surface area contributed by atoms with Crippen molar-refractivity contribution in [2.75, 3.05) is 6.54 Å². The third-order valence-corrected chi connectivity index (χ3v) is 2.01. The van der Waals surface area contributed by atoms with Crippen molar-refractivity contribution < 1.29 is 8.42 Å². The van der Waals surface area contributed by atoms with E-state index >= 15 is 0 Å². The van der Waals surface area contributed by atoms with Gasteiger partial charge < -0.3 is 5.73 Å². The van der Waals surface area contributed by atoms with Crippen LogP contribution in [0, 0.1) is 5.92 Å². The SMILES string of the molecule is CC(C)[C@H](CN)NS(N)(=O)=O. The van der Waals surface area contributed by atoms with Crippen LogP contribution in [0.25, 0.3) is 0 Å². The first-order valence-electron chi connectivity index (χ1n) is 3.37. The molecule has 0 rings (SSSR count). The molecule has 68 valence electrons. The lowest BCUT2D eigenvalue weighted by atomic mass is 10.1. The first kappa shape index (κ1) is 10.8. The van der Waals surface area contributed by atoms with E-state index in [2.05, 4.69) is 4.72 Å². The highest BCUT2D eigenvalue weighted by atomic mass is 32.2. The number of rotatable bonds is 4. The lowest BCUT2D eigenvalue weighted by Crippen LogP contribution is -2.46. The Balaban J connectivity index is 4.10. The summed E-state index contributed by atoms with van der Waals surface area (Å²) in [4.78, 5) is 0. The Labute approximate surface area is 67.3 Å². The van der Waals surface area contributed by atoms with Gasteiger partial charge in [-0.1, -0.05) is 13.8 Å². The average Bonchev–Trinajstić information content (AvgIpc) is 1.80. The summed E-state index contributed by atoms with van der Waals surface area (Å²) in [6, 6.07) is -0.273. The van der Waals surface area contributed by atoms with Crippen LogP contribution in [0.3, 0.4) is 0 Å². The van der Waals surface area contributed by atoms with Crippen LogP contribution >= 0.6 is 0 Å². The van der Waals surface area contributed by atoms with E-state index in [1.807, 2.05) is 13.8 Å². The molecule has 0 aliphatic carbocycles. The van der Waals surface area contributed by atoms with E-state index in [9.17, 15) is 8.42 Å². The molecule has 0 heterocycles. The summed E-state index contributed by atoms with van der Waals surface area (Å²) in [5, 5.41) is 4.76. The van der Waals surface area contributed by atoms with E-state index in [4.69, 9.17) is 10.9 Å². The van der Waals surface area contributed by atoms with Crippen LogP contribution in [0.2, 0.25) is 0 Å². The van der Waals surface area contributed by atoms with Gasteiger partial charge in [0.05, 0.1) is 0 Å². The zero-order valence-electron chi connectivity index (χ0n) is 6.74. The van der Waals surface area contributed by atoms with Crippen LogP contribution < -0.4 is 15.6 Å². The number of hydrogen-bond acceptors (Lipinski definition) is 3. The third-order valence-electron chi connectivity index (χ3n) is 1.37. The largest absolute Gasteiger partial charge is 0.329 e. The summed E-state index contributed by atoms with van der Waals surface area (Å²) in [6.07, 6.45) is 0. The standard InChI is InChI=1S/C5H15N3O2S/c1-4(2)5(3-6)8-11(7,9)10/h4-5,8H,3,6H2,1-2H3,(H2,7,9,10)/t5-/m0/s1. The maximum Gasteiger partial charge on any atom is 0.274 e. The second-order valence-electron chi connectivity index (χ2n) is 2.75. The second kappa shape index (κ2) is 4.01. The van der Waals surface area contributed by atoms with Gasteiger partial charge in [-0.2, -0.15) is 13.1 Å². The molecule has 0 fully saturated rings. The van der Waals surface area contributed by atoms with E-state index in [1.165, 1.54) is 0 Å². The van der Waals surface area contributed by atoms with Crippen molar-refractivity contribution in [1.82, 2.24) is 4.72 Å². The lowest BCUT2D eigenvalue weighted by molar-refractivity contribution is 0.455. The summed E-state index contributed by atoms with van der Waals surface area (Å²) in [5.41, 5.74) is 5.30. The maximum atomic E-state index is 10.5. The van der Waals surface area contributed by atoms with E-state index in [1.54, 1.807) is 0 Å². The minimum Gasteiger partial charge on any atom is -0.329 e. The van der Waals surface area contributed by atoms with Crippen LogP contribution in [-0.4, -0.2) is 21.0 Å². The molecule has 0 aliphatic rings. The zero-order valence-corrected chi connectivity index (χ0v) is 7.56. The number of nitrogens with two attached hydrogens (primary N) is 2. The molecule has 0 radical (unpaired) electrons. The van der Waals surface area contributed by atoms with Gasteiger partial charge in [0.15, 0.2) is 0 Å². The van der Waals surface area contributed by atoms with E-state index in [0.29, 0.717) is 0 Å². The van der Waals surface area contributed by atoms with Crippen molar-refractivity contribution in [2.45, 2.75) is 19.9 Å². The molecule has 5 N–H and O–H groups in total. The van der Waals surface area contributed by atoms with Gasteiger partial charge in [0.1, 0.15) is 0 Å². The minimum absolute atomic E-state index is 0.151. The lowest BCUT2D eigenvalue weighted by Gasteiger charge is -2.18. The monoisotopic (exact) mass is 181 g/mol. The van der Waals surface area contributed by atoms with Gasteiger partial charge in [0.2, 0.25) is 0 Å². The molecule has 6 heteroatoms. The molecule has 1 atom stereocenters. The third kappa shape index (κ3) is 5.14. The van der Waals surface area contributed by atoms with Crippen molar-refractivity contribution >= 4 is 10.2 Å². The minimum atomic E-state index is -3.61. The molecule has 0 spiro atoms. The smallest absolute Gasteiger partial charge is 0.274 e. The van der Waals surface area contributed by atoms with Gasteiger partial charge >= 0.3 is 0 Å². The van der Waals surface area contributed by atoms with E-state index in [-0.39, 0.29) is 18.5 Å². The summed E-state index contributed by atoms with van der Waals surface area (Å²) in [6.45, 7) is 4.00. The van der Waals surface area contributed by atoms with Crippen molar-refractivity contribution in [3.63, 3.8) is 0 Å². The van der Waals surface area contributed by atoms with Gasteiger partial charge in [-0.25, -0.2) is 5.14 Å². The van der Waals surface area contributed by atoms with Gasteiger partial charge in [0, 0.05) is 12.6 Å².